The number of ether oxygens (including phenoxy) is 1. The van der Waals surface area contributed by atoms with Gasteiger partial charge in [0.1, 0.15) is 0 Å². The maximum absolute atomic E-state index is 5.54. The highest BCUT2D eigenvalue weighted by Gasteiger charge is 2.18. The Hall–Kier alpha value is -0.720. The van der Waals surface area contributed by atoms with E-state index in [4.69, 9.17) is 4.74 Å². The van der Waals surface area contributed by atoms with E-state index >= 15 is 0 Å². The van der Waals surface area contributed by atoms with Crippen LogP contribution in [-0.4, -0.2) is 0 Å². The fourth-order valence-electron chi connectivity index (χ4n) is 1.33. The van der Waals surface area contributed by atoms with E-state index in [2.05, 4.69) is 20.8 Å². The molecule has 0 atom stereocenters. The van der Waals surface area contributed by atoms with E-state index in [9.17, 15) is 0 Å². The van der Waals surface area contributed by atoms with Gasteiger partial charge in [0.2, 0.25) is 0 Å². The van der Waals surface area contributed by atoms with Gasteiger partial charge in [0, 0.05) is 5.92 Å². The van der Waals surface area contributed by atoms with Gasteiger partial charge in [-0.2, -0.15) is 0 Å². The number of hydrogen-bond donors (Lipinski definition) is 0. The molecule has 62 valence electrons. The lowest BCUT2D eigenvalue weighted by Crippen LogP contribution is -2.10. The van der Waals surface area contributed by atoms with E-state index < -0.39 is 0 Å². The maximum atomic E-state index is 5.54. The smallest absolute Gasteiger partial charge is 0.1000 e. The van der Waals surface area contributed by atoms with Crippen molar-refractivity contribution in [3.8, 4) is 0 Å². The zero-order chi connectivity index (χ0) is 8.59. The summed E-state index contributed by atoms with van der Waals surface area (Å²) in [6, 6.07) is 0. The van der Waals surface area contributed by atoms with Crippen molar-refractivity contribution >= 4 is 0 Å². The minimum Gasteiger partial charge on any atom is -0.467 e. The first kappa shape index (κ1) is 8.38. The van der Waals surface area contributed by atoms with Crippen LogP contribution in [0.4, 0.5) is 0 Å². The second-order valence-corrected chi connectivity index (χ2v) is 3.30. The molecule has 1 aliphatic rings. The summed E-state index contributed by atoms with van der Waals surface area (Å²) in [5, 5.41) is 0. The molecular formula is C10H16O. The van der Waals surface area contributed by atoms with E-state index in [1.807, 2.05) is 13.8 Å². The molecule has 0 radical (unpaired) electrons. The average molecular weight is 152 g/mol. The Bertz CT molecular complexity index is 209. The van der Waals surface area contributed by atoms with Crippen molar-refractivity contribution < 1.29 is 4.74 Å². The Kier molecular flexibility index (Phi) is 2.08. The fraction of sp³-hybridized carbons (Fsp3) is 0.600. The third kappa shape index (κ3) is 1.32. The molecule has 11 heavy (non-hydrogen) atoms. The minimum absolute atomic E-state index is 0.559. The van der Waals surface area contributed by atoms with Gasteiger partial charge in [-0.3, -0.25) is 0 Å². The Balaban J connectivity index is 2.98. The Morgan fingerprint density at radius 2 is 1.27 bits per heavy atom. The number of allylic oxidation sites excluding steroid dienone is 4. The lowest BCUT2D eigenvalue weighted by molar-refractivity contribution is 0.278. The first-order valence-corrected chi connectivity index (χ1v) is 4.06. The van der Waals surface area contributed by atoms with Crippen molar-refractivity contribution in [2.45, 2.75) is 34.6 Å². The molecule has 0 aliphatic carbocycles. The third-order valence-corrected chi connectivity index (χ3v) is 2.72. The van der Waals surface area contributed by atoms with Gasteiger partial charge in [0.25, 0.3) is 0 Å². The number of hydrogen-bond acceptors (Lipinski definition) is 1. The van der Waals surface area contributed by atoms with E-state index in [-0.39, 0.29) is 0 Å². The summed E-state index contributed by atoms with van der Waals surface area (Å²) in [4.78, 5) is 0. The molecule has 0 aromatic rings. The molecule has 1 heterocycles. The lowest BCUT2D eigenvalue weighted by Gasteiger charge is -2.24. The van der Waals surface area contributed by atoms with Gasteiger partial charge >= 0.3 is 0 Å². The van der Waals surface area contributed by atoms with Gasteiger partial charge < -0.3 is 4.74 Å². The summed E-state index contributed by atoms with van der Waals surface area (Å²) in [5.74, 6) is 2.70. The first-order valence-electron chi connectivity index (χ1n) is 4.06. The first-order chi connectivity index (χ1) is 5.04. The van der Waals surface area contributed by atoms with Crippen molar-refractivity contribution in [1.29, 1.82) is 0 Å². The van der Waals surface area contributed by atoms with Crippen LogP contribution in [0.15, 0.2) is 22.7 Å². The van der Waals surface area contributed by atoms with Crippen molar-refractivity contribution in [2.75, 3.05) is 0 Å². The molecule has 1 heteroatoms. The molecule has 0 bridgehead atoms. The highest BCUT2D eigenvalue weighted by Crippen LogP contribution is 2.31. The summed E-state index contributed by atoms with van der Waals surface area (Å²) in [6.07, 6.45) is 0. The molecule has 0 saturated carbocycles. The Morgan fingerprint density at radius 3 is 1.64 bits per heavy atom. The predicted molar refractivity (Wildman–Crippen MR) is 47.0 cm³/mol. The molecule has 0 aromatic heterocycles. The van der Waals surface area contributed by atoms with Crippen LogP contribution in [-0.2, 0) is 4.74 Å². The fourth-order valence-corrected chi connectivity index (χ4v) is 1.33. The summed E-state index contributed by atoms with van der Waals surface area (Å²) in [5.41, 5.74) is 2.71. The van der Waals surface area contributed by atoms with Crippen LogP contribution in [0.1, 0.15) is 34.6 Å². The second-order valence-electron chi connectivity index (χ2n) is 3.30. The Labute approximate surface area is 68.8 Å². The van der Waals surface area contributed by atoms with Crippen LogP contribution in [0, 0.1) is 5.92 Å². The average Bonchev–Trinajstić information content (AvgIpc) is 1.97. The molecule has 0 fully saturated rings. The maximum Gasteiger partial charge on any atom is 0.1000 e. The molecule has 0 N–H and O–H groups in total. The summed E-state index contributed by atoms with van der Waals surface area (Å²) in [7, 11) is 0. The molecular weight excluding hydrogens is 136 g/mol. The van der Waals surface area contributed by atoms with Gasteiger partial charge in [-0.05, 0) is 38.8 Å². The quantitative estimate of drug-likeness (QED) is 0.517. The monoisotopic (exact) mass is 152 g/mol. The molecule has 0 spiro atoms. The van der Waals surface area contributed by atoms with Crippen LogP contribution in [0.3, 0.4) is 0 Å². The van der Waals surface area contributed by atoms with E-state index in [1.165, 1.54) is 11.1 Å². The molecule has 1 rings (SSSR count). The molecule has 1 aliphatic heterocycles. The molecule has 0 saturated heterocycles. The molecule has 0 amide bonds. The van der Waals surface area contributed by atoms with Crippen LogP contribution in [0.25, 0.3) is 0 Å². The minimum atomic E-state index is 0.559. The van der Waals surface area contributed by atoms with Gasteiger partial charge in [-0.25, -0.2) is 0 Å². The van der Waals surface area contributed by atoms with Crippen molar-refractivity contribution in [3.63, 3.8) is 0 Å². The zero-order valence-electron chi connectivity index (χ0n) is 7.99. The van der Waals surface area contributed by atoms with Crippen molar-refractivity contribution in [1.82, 2.24) is 0 Å². The van der Waals surface area contributed by atoms with E-state index in [0.717, 1.165) is 11.5 Å². The van der Waals surface area contributed by atoms with Crippen LogP contribution >= 0.6 is 0 Å². The van der Waals surface area contributed by atoms with Crippen LogP contribution < -0.4 is 0 Å². The lowest BCUT2D eigenvalue weighted by atomic mass is 9.91. The Morgan fingerprint density at radius 1 is 0.909 bits per heavy atom. The van der Waals surface area contributed by atoms with Gasteiger partial charge in [-0.15, -0.1) is 0 Å². The van der Waals surface area contributed by atoms with E-state index in [1.54, 1.807) is 0 Å². The van der Waals surface area contributed by atoms with Crippen molar-refractivity contribution in [2.24, 2.45) is 5.92 Å². The predicted octanol–water partition coefficient (Wildman–Crippen LogP) is 3.24. The zero-order valence-corrected chi connectivity index (χ0v) is 7.99. The van der Waals surface area contributed by atoms with Gasteiger partial charge in [-0.1, -0.05) is 6.92 Å². The molecule has 0 unspecified atom stereocenters. The van der Waals surface area contributed by atoms with Crippen molar-refractivity contribution in [3.05, 3.63) is 22.7 Å². The summed E-state index contributed by atoms with van der Waals surface area (Å²) in [6.45, 7) is 10.6. The molecule has 0 aromatic carbocycles. The van der Waals surface area contributed by atoms with Gasteiger partial charge in [0.15, 0.2) is 0 Å². The highest BCUT2D eigenvalue weighted by molar-refractivity contribution is 5.26. The standard InChI is InChI=1S/C10H16O/c1-6-7(2)9(4)11-10(5)8(6)3/h6H,1-5H3. The van der Waals surface area contributed by atoms with E-state index in [0.29, 0.717) is 5.92 Å². The SMILES string of the molecule is CC1=C(C)C(C)C(C)=C(C)O1. The van der Waals surface area contributed by atoms with Crippen LogP contribution in [0.2, 0.25) is 0 Å². The summed E-state index contributed by atoms with van der Waals surface area (Å²) >= 11 is 0. The van der Waals surface area contributed by atoms with Crippen LogP contribution in [0.5, 0.6) is 0 Å². The normalized spacial score (nSPS) is 20.8. The second kappa shape index (κ2) is 2.72. The number of rotatable bonds is 0. The summed E-state index contributed by atoms with van der Waals surface area (Å²) < 4.78 is 5.54. The van der Waals surface area contributed by atoms with Gasteiger partial charge in [0.05, 0.1) is 11.5 Å². The third-order valence-electron chi connectivity index (χ3n) is 2.72. The molecule has 1 nitrogen and oxygen atoms in total. The largest absolute Gasteiger partial charge is 0.467 e. The topological polar surface area (TPSA) is 9.23 Å². The highest BCUT2D eigenvalue weighted by atomic mass is 16.5.